The van der Waals surface area contributed by atoms with Gasteiger partial charge in [-0.3, -0.25) is 5.32 Å². The zero-order valence-electron chi connectivity index (χ0n) is 18.0. The highest BCUT2D eigenvalue weighted by atomic mass is 15.2. The number of aryl methyl sites for hydroxylation is 1. The van der Waals surface area contributed by atoms with E-state index in [0.717, 1.165) is 30.9 Å². The molecule has 0 radical (unpaired) electrons. The maximum absolute atomic E-state index is 9.74. The highest BCUT2D eigenvalue weighted by Crippen LogP contribution is 2.23. The molecule has 0 aliphatic heterocycles. The van der Waals surface area contributed by atoms with Gasteiger partial charge in [0.25, 0.3) is 0 Å². The molecule has 0 amide bonds. The van der Waals surface area contributed by atoms with Crippen LogP contribution in [0.25, 0.3) is 0 Å². The number of hydrogen-bond acceptors (Lipinski definition) is 5. The van der Waals surface area contributed by atoms with Crippen LogP contribution in [0.2, 0.25) is 0 Å². The van der Waals surface area contributed by atoms with Gasteiger partial charge in [0.1, 0.15) is 17.6 Å². The Morgan fingerprint density at radius 3 is 2.59 bits per heavy atom. The van der Waals surface area contributed by atoms with E-state index in [1.54, 1.807) is 0 Å². The van der Waals surface area contributed by atoms with Gasteiger partial charge in [-0.2, -0.15) is 5.26 Å². The summed E-state index contributed by atoms with van der Waals surface area (Å²) in [4.78, 5) is 4.63. The van der Waals surface area contributed by atoms with Crippen LogP contribution < -0.4 is 16.0 Å². The van der Waals surface area contributed by atoms with Crippen molar-refractivity contribution in [3.8, 4) is 6.07 Å². The second-order valence-electron chi connectivity index (χ2n) is 7.17. The van der Waals surface area contributed by atoms with Crippen LogP contribution in [0.15, 0.2) is 12.2 Å². The molecule has 0 aliphatic carbocycles. The molecular weight excluding hydrogens is 336 g/mol. The van der Waals surface area contributed by atoms with Crippen LogP contribution in [0.4, 0.5) is 0 Å². The van der Waals surface area contributed by atoms with E-state index in [4.69, 9.17) is 0 Å². The number of nitrogens with one attached hydrogen (secondary N) is 3. The molecule has 0 saturated heterocycles. The molecule has 3 unspecified atom stereocenters. The van der Waals surface area contributed by atoms with E-state index in [1.165, 1.54) is 12.8 Å². The summed E-state index contributed by atoms with van der Waals surface area (Å²) in [6.07, 6.45) is 8.95. The Bertz CT molecular complexity index is 613. The smallest absolute Gasteiger partial charge is 0.146 e. The molecule has 27 heavy (non-hydrogen) atoms. The Balaban J connectivity index is 2.95. The van der Waals surface area contributed by atoms with Crippen molar-refractivity contribution >= 4 is 0 Å². The van der Waals surface area contributed by atoms with Gasteiger partial charge >= 0.3 is 0 Å². The van der Waals surface area contributed by atoms with E-state index in [2.05, 4.69) is 57.6 Å². The molecule has 0 bridgehead atoms. The summed E-state index contributed by atoms with van der Waals surface area (Å²) in [5, 5.41) is 19.9. The number of nitriles is 1. The van der Waals surface area contributed by atoms with Crippen LogP contribution in [-0.4, -0.2) is 36.2 Å². The molecule has 152 valence electrons. The standard InChI is InChI=1S/C21H38N6/c1-7-10-16(3)21(25-13-9-12-18(24-6)11-8-2)27-17(4)26-19(15-23-5)20(27)14-22/h7,10,16,18,21,23-25H,8-9,11-13,15H2,1-6H3/b10-7-. The third-order valence-electron chi connectivity index (χ3n) is 5.01. The lowest BCUT2D eigenvalue weighted by Crippen LogP contribution is -2.34. The monoisotopic (exact) mass is 374 g/mol. The SMILES string of the molecule is C/C=C\C(C)C(NCCCC(CCC)NC)n1c(C)nc(CNC)c1C#N. The Hall–Kier alpha value is -1.68. The molecule has 0 aromatic carbocycles. The summed E-state index contributed by atoms with van der Waals surface area (Å²) in [6.45, 7) is 9.94. The van der Waals surface area contributed by atoms with E-state index >= 15 is 0 Å². The first-order valence-electron chi connectivity index (χ1n) is 10.2. The second-order valence-corrected chi connectivity index (χ2v) is 7.17. The lowest BCUT2D eigenvalue weighted by Gasteiger charge is -2.27. The zero-order chi connectivity index (χ0) is 20.2. The molecule has 0 spiro atoms. The summed E-state index contributed by atoms with van der Waals surface area (Å²) < 4.78 is 2.07. The fourth-order valence-corrected chi connectivity index (χ4v) is 3.65. The number of imidazole rings is 1. The predicted octanol–water partition coefficient (Wildman–Crippen LogP) is 3.25. The van der Waals surface area contributed by atoms with Gasteiger partial charge in [0.15, 0.2) is 0 Å². The quantitative estimate of drug-likeness (QED) is 0.365. The van der Waals surface area contributed by atoms with Gasteiger partial charge in [0.05, 0.1) is 11.9 Å². The summed E-state index contributed by atoms with van der Waals surface area (Å²) in [7, 11) is 3.92. The van der Waals surface area contributed by atoms with Gasteiger partial charge in [-0.05, 0) is 53.8 Å². The molecule has 1 rings (SSSR count). The minimum Gasteiger partial charge on any atom is -0.317 e. The van der Waals surface area contributed by atoms with Gasteiger partial charge in [-0.15, -0.1) is 0 Å². The minimum absolute atomic E-state index is 0.0215. The Morgan fingerprint density at radius 1 is 1.30 bits per heavy atom. The molecule has 6 heteroatoms. The van der Waals surface area contributed by atoms with Crippen molar-refractivity contribution in [3.63, 3.8) is 0 Å². The molecule has 1 heterocycles. The fraction of sp³-hybridized carbons (Fsp3) is 0.714. The third-order valence-corrected chi connectivity index (χ3v) is 5.01. The first-order chi connectivity index (χ1) is 13.0. The summed E-state index contributed by atoms with van der Waals surface area (Å²) >= 11 is 0. The van der Waals surface area contributed by atoms with Crippen molar-refractivity contribution in [2.45, 2.75) is 72.1 Å². The largest absolute Gasteiger partial charge is 0.317 e. The van der Waals surface area contributed by atoms with Crippen molar-refractivity contribution in [3.05, 3.63) is 29.4 Å². The Morgan fingerprint density at radius 2 is 2.04 bits per heavy atom. The maximum Gasteiger partial charge on any atom is 0.146 e. The highest BCUT2D eigenvalue weighted by Gasteiger charge is 2.24. The van der Waals surface area contributed by atoms with Crippen molar-refractivity contribution < 1.29 is 0 Å². The molecule has 3 N–H and O–H groups in total. The predicted molar refractivity (Wildman–Crippen MR) is 112 cm³/mol. The van der Waals surface area contributed by atoms with E-state index in [9.17, 15) is 5.26 Å². The van der Waals surface area contributed by atoms with Crippen molar-refractivity contribution in [2.75, 3.05) is 20.6 Å². The number of aromatic nitrogens is 2. The molecule has 0 saturated carbocycles. The topological polar surface area (TPSA) is 77.7 Å². The minimum atomic E-state index is 0.0215. The molecular formula is C21H38N6. The summed E-state index contributed by atoms with van der Waals surface area (Å²) in [5.74, 6) is 1.14. The fourth-order valence-electron chi connectivity index (χ4n) is 3.65. The Kier molecular flexibility index (Phi) is 11.0. The van der Waals surface area contributed by atoms with Crippen LogP contribution in [-0.2, 0) is 6.54 Å². The molecule has 3 atom stereocenters. The molecule has 0 aliphatic rings. The van der Waals surface area contributed by atoms with Crippen LogP contribution in [0.3, 0.4) is 0 Å². The average Bonchev–Trinajstić information content (AvgIpc) is 2.96. The first-order valence-corrected chi connectivity index (χ1v) is 10.2. The van der Waals surface area contributed by atoms with Crippen LogP contribution in [0.5, 0.6) is 0 Å². The Labute approximate surface area is 165 Å². The maximum atomic E-state index is 9.74. The highest BCUT2D eigenvalue weighted by molar-refractivity contribution is 5.30. The van der Waals surface area contributed by atoms with E-state index in [1.807, 2.05) is 27.9 Å². The van der Waals surface area contributed by atoms with E-state index < -0.39 is 0 Å². The van der Waals surface area contributed by atoms with Crippen LogP contribution in [0.1, 0.15) is 69.8 Å². The van der Waals surface area contributed by atoms with E-state index in [-0.39, 0.29) is 12.1 Å². The third kappa shape index (κ3) is 6.76. The van der Waals surface area contributed by atoms with Gasteiger partial charge in [0.2, 0.25) is 0 Å². The number of rotatable bonds is 13. The number of nitrogens with zero attached hydrogens (tertiary/aromatic N) is 3. The van der Waals surface area contributed by atoms with Gasteiger partial charge in [-0.1, -0.05) is 32.4 Å². The first kappa shape index (κ1) is 23.4. The average molecular weight is 375 g/mol. The van der Waals surface area contributed by atoms with Gasteiger partial charge < -0.3 is 15.2 Å². The summed E-state index contributed by atoms with van der Waals surface area (Å²) in [6, 6.07) is 2.95. The van der Waals surface area contributed by atoms with Crippen molar-refractivity contribution in [1.82, 2.24) is 25.5 Å². The van der Waals surface area contributed by atoms with E-state index in [0.29, 0.717) is 18.3 Å². The lowest BCUT2D eigenvalue weighted by molar-refractivity contribution is 0.317. The second kappa shape index (κ2) is 12.7. The van der Waals surface area contributed by atoms with Crippen molar-refractivity contribution in [1.29, 1.82) is 5.26 Å². The molecule has 1 aromatic rings. The zero-order valence-corrected chi connectivity index (χ0v) is 18.0. The van der Waals surface area contributed by atoms with Crippen LogP contribution >= 0.6 is 0 Å². The normalized spacial score (nSPS) is 15.0. The van der Waals surface area contributed by atoms with Crippen LogP contribution in [0, 0.1) is 24.2 Å². The lowest BCUT2D eigenvalue weighted by atomic mass is 10.0. The van der Waals surface area contributed by atoms with Gasteiger partial charge in [-0.25, -0.2) is 4.98 Å². The molecule has 6 nitrogen and oxygen atoms in total. The number of hydrogen-bond donors (Lipinski definition) is 3. The summed E-state index contributed by atoms with van der Waals surface area (Å²) in [5.41, 5.74) is 1.46. The van der Waals surface area contributed by atoms with Gasteiger partial charge in [0, 0.05) is 18.5 Å². The van der Waals surface area contributed by atoms with Crippen molar-refractivity contribution in [2.24, 2.45) is 5.92 Å². The number of allylic oxidation sites excluding steroid dienone is 1. The molecule has 1 aromatic heterocycles. The molecule has 0 fully saturated rings.